The van der Waals surface area contributed by atoms with Crippen LogP contribution in [0.3, 0.4) is 0 Å². The van der Waals surface area contributed by atoms with E-state index in [2.05, 4.69) is 35.0 Å². The largest absolute Gasteiger partial charge is 0.479 e. The van der Waals surface area contributed by atoms with Crippen molar-refractivity contribution in [3.05, 3.63) is 48.8 Å². The van der Waals surface area contributed by atoms with Gasteiger partial charge in [-0.3, -0.25) is 4.98 Å². The van der Waals surface area contributed by atoms with Crippen LogP contribution in [0.1, 0.15) is 46.0 Å². The summed E-state index contributed by atoms with van der Waals surface area (Å²) in [6.45, 7) is 4.76. The standard InChI is InChI=1S/C16H13N5O.C8H16/c1-22-15-14-12(6-8-21(14)20-16(17)19-15)10-4-5-13-11(9-10)3-2-7-18-13;1-8(2)6-4-3-5-7-8/h2-9H,1H3,(H2,17,20);3-7H2,1-2H3. The van der Waals surface area contributed by atoms with E-state index in [1.165, 1.54) is 32.1 Å². The van der Waals surface area contributed by atoms with E-state index in [0.717, 1.165) is 27.5 Å². The molecule has 1 fully saturated rings. The SMILES string of the molecule is CC1(C)CCCCC1.COc1nc(N)nn2ccc(-c3ccc4ncccc4c3)c12. The second kappa shape index (κ2) is 8.30. The number of anilines is 1. The summed E-state index contributed by atoms with van der Waals surface area (Å²) >= 11 is 0. The third kappa shape index (κ3) is 4.22. The van der Waals surface area contributed by atoms with Gasteiger partial charge in [-0.2, -0.15) is 4.98 Å². The Balaban J connectivity index is 0.000000230. The van der Waals surface area contributed by atoms with E-state index in [9.17, 15) is 0 Å². The van der Waals surface area contributed by atoms with Crippen molar-refractivity contribution in [2.24, 2.45) is 5.41 Å². The van der Waals surface area contributed by atoms with Gasteiger partial charge < -0.3 is 10.5 Å². The van der Waals surface area contributed by atoms with Crippen molar-refractivity contribution in [2.45, 2.75) is 46.0 Å². The van der Waals surface area contributed by atoms with Crippen LogP contribution in [0.25, 0.3) is 27.5 Å². The van der Waals surface area contributed by atoms with E-state index in [1.54, 1.807) is 17.8 Å². The molecule has 156 valence electrons. The van der Waals surface area contributed by atoms with Crippen molar-refractivity contribution in [1.82, 2.24) is 19.6 Å². The average Bonchev–Trinajstić information content (AvgIpc) is 3.17. The van der Waals surface area contributed by atoms with Crippen LogP contribution in [0.2, 0.25) is 0 Å². The summed E-state index contributed by atoms with van der Waals surface area (Å²) in [5, 5.41) is 5.26. The highest BCUT2D eigenvalue weighted by Gasteiger charge is 2.20. The van der Waals surface area contributed by atoms with Crippen molar-refractivity contribution in [2.75, 3.05) is 12.8 Å². The van der Waals surface area contributed by atoms with Crippen molar-refractivity contribution in [3.63, 3.8) is 0 Å². The Morgan fingerprint density at radius 2 is 1.87 bits per heavy atom. The molecule has 0 unspecified atom stereocenters. The van der Waals surface area contributed by atoms with Crippen LogP contribution in [-0.4, -0.2) is 26.7 Å². The topological polar surface area (TPSA) is 78.3 Å². The number of hydrogen-bond donors (Lipinski definition) is 1. The smallest absolute Gasteiger partial charge is 0.243 e. The molecule has 1 aliphatic rings. The Bertz CT molecular complexity index is 1160. The Kier molecular flexibility index (Phi) is 5.57. The summed E-state index contributed by atoms with van der Waals surface area (Å²) in [4.78, 5) is 8.49. The average molecular weight is 404 g/mol. The van der Waals surface area contributed by atoms with Crippen LogP contribution in [0, 0.1) is 5.41 Å². The molecule has 6 nitrogen and oxygen atoms in total. The van der Waals surface area contributed by atoms with E-state index < -0.39 is 0 Å². The first-order chi connectivity index (χ1) is 14.5. The highest BCUT2D eigenvalue weighted by molar-refractivity contribution is 5.90. The van der Waals surface area contributed by atoms with Gasteiger partial charge in [-0.15, -0.1) is 5.10 Å². The zero-order valence-corrected chi connectivity index (χ0v) is 17.9. The molecule has 5 rings (SSSR count). The number of aromatic nitrogens is 4. The van der Waals surface area contributed by atoms with Crippen molar-refractivity contribution < 1.29 is 4.74 Å². The number of nitrogen functional groups attached to an aromatic ring is 1. The van der Waals surface area contributed by atoms with Gasteiger partial charge in [0.1, 0.15) is 5.52 Å². The third-order valence-corrected chi connectivity index (χ3v) is 5.81. The monoisotopic (exact) mass is 403 g/mol. The molecule has 0 amide bonds. The lowest BCUT2D eigenvalue weighted by Gasteiger charge is -2.28. The minimum absolute atomic E-state index is 0.175. The van der Waals surface area contributed by atoms with Crippen LogP contribution in [-0.2, 0) is 0 Å². The fraction of sp³-hybridized carbons (Fsp3) is 0.375. The summed E-state index contributed by atoms with van der Waals surface area (Å²) < 4.78 is 7.04. The number of methoxy groups -OCH3 is 1. The zero-order chi connectivity index (χ0) is 21.1. The van der Waals surface area contributed by atoms with E-state index in [-0.39, 0.29) is 5.95 Å². The fourth-order valence-corrected chi connectivity index (χ4v) is 4.14. The van der Waals surface area contributed by atoms with Gasteiger partial charge in [0.2, 0.25) is 11.8 Å². The Morgan fingerprint density at radius 1 is 1.07 bits per heavy atom. The number of rotatable bonds is 2. The maximum Gasteiger partial charge on any atom is 0.243 e. The Hall–Kier alpha value is -3.15. The number of nitrogens with two attached hydrogens (primary N) is 1. The van der Waals surface area contributed by atoms with Gasteiger partial charge in [0.05, 0.1) is 12.6 Å². The van der Waals surface area contributed by atoms with Gasteiger partial charge in [-0.05, 0) is 48.1 Å². The highest BCUT2D eigenvalue weighted by atomic mass is 16.5. The summed E-state index contributed by atoms with van der Waals surface area (Å²) in [5.41, 5.74) is 10.2. The zero-order valence-electron chi connectivity index (χ0n) is 17.9. The molecule has 0 atom stereocenters. The van der Waals surface area contributed by atoms with Crippen molar-refractivity contribution in [1.29, 1.82) is 0 Å². The first-order valence-electron chi connectivity index (χ1n) is 10.5. The van der Waals surface area contributed by atoms with Crippen LogP contribution in [0.5, 0.6) is 5.88 Å². The molecule has 1 saturated carbocycles. The first kappa shape index (κ1) is 20.1. The number of benzene rings is 1. The quantitative estimate of drug-likeness (QED) is 0.477. The van der Waals surface area contributed by atoms with Gasteiger partial charge in [0, 0.05) is 23.3 Å². The molecule has 3 heterocycles. The second-order valence-electron chi connectivity index (χ2n) is 8.64. The molecule has 0 bridgehead atoms. The fourth-order valence-electron chi connectivity index (χ4n) is 4.14. The lowest BCUT2D eigenvalue weighted by atomic mass is 9.78. The first-order valence-corrected chi connectivity index (χ1v) is 10.5. The molecule has 4 aromatic rings. The molecular formula is C24H29N5O. The van der Waals surface area contributed by atoms with Gasteiger partial charge >= 0.3 is 0 Å². The van der Waals surface area contributed by atoms with E-state index >= 15 is 0 Å². The Labute approximate surface area is 177 Å². The van der Waals surface area contributed by atoms with E-state index in [0.29, 0.717) is 11.3 Å². The van der Waals surface area contributed by atoms with E-state index in [4.69, 9.17) is 10.5 Å². The molecule has 0 saturated heterocycles. The molecular weight excluding hydrogens is 374 g/mol. The van der Waals surface area contributed by atoms with Crippen LogP contribution < -0.4 is 10.5 Å². The molecule has 30 heavy (non-hydrogen) atoms. The summed E-state index contributed by atoms with van der Waals surface area (Å²) in [6, 6.07) is 12.1. The summed E-state index contributed by atoms with van der Waals surface area (Å²) in [6.07, 6.45) is 10.9. The number of fused-ring (bicyclic) bond motifs is 2. The van der Waals surface area contributed by atoms with Gasteiger partial charge in [-0.1, -0.05) is 45.2 Å². The predicted octanol–water partition coefficient (Wildman–Crippen LogP) is 5.51. The minimum atomic E-state index is 0.175. The van der Waals surface area contributed by atoms with Crippen LogP contribution >= 0.6 is 0 Å². The molecule has 0 radical (unpaired) electrons. The maximum absolute atomic E-state index is 5.69. The lowest BCUT2D eigenvalue weighted by Crippen LogP contribution is -2.14. The van der Waals surface area contributed by atoms with Gasteiger partial charge in [-0.25, -0.2) is 4.52 Å². The number of hydrogen-bond acceptors (Lipinski definition) is 5. The minimum Gasteiger partial charge on any atom is -0.479 e. The molecule has 0 spiro atoms. The molecule has 0 aliphatic heterocycles. The number of nitrogens with zero attached hydrogens (tertiary/aromatic N) is 4. The number of pyridine rings is 1. The van der Waals surface area contributed by atoms with Crippen molar-refractivity contribution in [3.8, 4) is 17.0 Å². The highest BCUT2D eigenvalue weighted by Crippen LogP contribution is 2.34. The third-order valence-electron chi connectivity index (χ3n) is 5.81. The van der Waals surface area contributed by atoms with E-state index in [1.807, 2.05) is 36.5 Å². The molecule has 6 heteroatoms. The summed E-state index contributed by atoms with van der Waals surface area (Å²) in [7, 11) is 1.57. The van der Waals surface area contributed by atoms with Gasteiger partial charge in [0.25, 0.3) is 0 Å². The predicted molar refractivity (Wildman–Crippen MR) is 122 cm³/mol. The molecule has 2 N–H and O–H groups in total. The van der Waals surface area contributed by atoms with Crippen LogP contribution in [0.15, 0.2) is 48.8 Å². The Morgan fingerprint density at radius 3 is 2.57 bits per heavy atom. The van der Waals surface area contributed by atoms with Crippen LogP contribution in [0.4, 0.5) is 5.95 Å². The molecule has 3 aromatic heterocycles. The second-order valence-corrected chi connectivity index (χ2v) is 8.64. The van der Waals surface area contributed by atoms with Gasteiger partial charge in [0.15, 0.2) is 0 Å². The molecule has 1 aliphatic carbocycles. The number of ether oxygens (including phenoxy) is 1. The molecule has 1 aromatic carbocycles. The lowest BCUT2D eigenvalue weighted by molar-refractivity contribution is 0.244. The van der Waals surface area contributed by atoms with Crippen molar-refractivity contribution >= 4 is 22.4 Å². The normalized spacial score (nSPS) is 15.6. The summed E-state index contributed by atoms with van der Waals surface area (Å²) in [5.74, 6) is 0.632. The maximum atomic E-state index is 5.69.